The molecule has 0 bridgehead atoms. The number of ether oxygens (including phenoxy) is 1. The lowest BCUT2D eigenvalue weighted by Gasteiger charge is -1.97. The largest absolute Gasteiger partial charge is 0.461 e. The maximum Gasteiger partial charge on any atom is 0.439 e. The first-order valence-electron chi connectivity index (χ1n) is 3.53. The number of hydrogen-bond acceptors (Lipinski definition) is 4. The molecule has 1 aromatic rings. The summed E-state index contributed by atoms with van der Waals surface area (Å²) < 4.78 is 8.99. The van der Waals surface area contributed by atoms with E-state index in [4.69, 9.17) is 4.74 Å². The molecule has 0 aliphatic heterocycles. The number of aromatic nitrogens is 1. The van der Waals surface area contributed by atoms with Crippen LogP contribution in [0.4, 0.5) is 0 Å². The van der Waals surface area contributed by atoms with Crippen molar-refractivity contribution in [2.24, 2.45) is 0 Å². The van der Waals surface area contributed by atoms with Gasteiger partial charge in [0.15, 0.2) is 5.69 Å². The Labute approximate surface area is 69.0 Å². The Kier molecular flexibility index (Phi) is 2.68. The summed E-state index contributed by atoms with van der Waals surface area (Å²) in [5, 5.41) is 10.4. The van der Waals surface area contributed by atoms with Crippen molar-refractivity contribution in [3.8, 4) is 6.08 Å². The van der Waals surface area contributed by atoms with Gasteiger partial charge in [0.25, 0.3) is 0 Å². The number of carbonyl (C=O) groups is 1. The second kappa shape index (κ2) is 3.75. The number of hydrogen-bond donors (Lipinski definition) is 0. The molecule has 0 aliphatic rings. The van der Waals surface area contributed by atoms with Gasteiger partial charge in [-0.1, -0.05) is 6.92 Å². The molecule has 0 N–H and O–H groups in total. The molecule has 1 radical (unpaired) electrons. The Bertz CT molecular complexity index is 268. The predicted octanol–water partition coefficient (Wildman–Crippen LogP) is 1.39. The van der Waals surface area contributed by atoms with Crippen LogP contribution in [-0.4, -0.2) is 17.6 Å². The summed E-state index contributed by atoms with van der Waals surface area (Å²) >= 11 is 0. The monoisotopic (exact) mass is 170 g/mol. The van der Waals surface area contributed by atoms with E-state index in [2.05, 4.69) is 9.40 Å². The first kappa shape index (κ1) is 8.58. The minimum Gasteiger partial charge on any atom is -0.461 e. The van der Waals surface area contributed by atoms with Crippen molar-refractivity contribution in [1.29, 1.82) is 0 Å². The molecular formula is C7H8NO4. The zero-order valence-corrected chi connectivity index (χ0v) is 6.57. The Morgan fingerprint density at radius 2 is 2.50 bits per heavy atom. The van der Waals surface area contributed by atoms with Crippen LogP contribution in [-0.2, 0) is 9.84 Å². The summed E-state index contributed by atoms with van der Waals surface area (Å²) in [7, 11) is 0. The van der Waals surface area contributed by atoms with Gasteiger partial charge in [0.05, 0.1) is 6.61 Å². The zero-order valence-electron chi connectivity index (χ0n) is 6.57. The molecule has 1 aromatic heterocycles. The minimum absolute atomic E-state index is 0.0755. The lowest BCUT2D eigenvalue weighted by atomic mass is 10.5. The highest BCUT2D eigenvalue weighted by Crippen LogP contribution is 2.09. The SMILES string of the molecule is CCCOC(=O)c1coc([O])n1. The van der Waals surface area contributed by atoms with Crippen molar-refractivity contribution < 1.29 is 19.1 Å². The van der Waals surface area contributed by atoms with Crippen LogP contribution in [0.2, 0.25) is 0 Å². The fraction of sp³-hybridized carbons (Fsp3) is 0.429. The Balaban J connectivity index is 2.53. The molecule has 5 nitrogen and oxygen atoms in total. The maximum atomic E-state index is 10.9. The third-order valence-electron chi connectivity index (χ3n) is 1.13. The highest BCUT2D eigenvalue weighted by Gasteiger charge is 2.12. The Morgan fingerprint density at radius 1 is 1.75 bits per heavy atom. The Hall–Kier alpha value is -1.52. The van der Waals surface area contributed by atoms with E-state index in [-0.39, 0.29) is 5.69 Å². The quantitative estimate of drug-likeness (QED) is 0.642. The lowest BCUT2D eigenvalue weighted by Crippen LogP contribution is -2.05. The first-order chi connectivity index (χ1) is 5.74. The van der Waals surface area contributed by atoms with E-state index in [1.807, 2.05) is 6.92 Å². The van der Waals surface area contributed by atoms with Crippen molar-refractivity contribution >= 4 is 5.97 Å². The van der Waals surface area contributed by atoms with Crippen LogP contribution in [0.25, 0.3) is 0 Å². The van der Waals surface area contributed by atoms with Crippen molar-refractivity contribution in [3.05, 3.63) is 12.0 Å². The Morgan fingerprint density at radius 3 is 3.00 bits per heavy atom. The number of esters is 1. The summed E-state index contributed by atoms with van der Waals surface area (Å²) in [4.78, 5) is 14.2. The van der Waals surface area contributed by atoms with Crippen LogP contribution in [0.5, 0.6) is 6.08 Å². The fourth-order valence-corrected chi connectivity index (χ4v) is 0.620. The first-order valence-corrected chi connectivity index (χ1v) is 3.53. The zero-order chi connectivity index (χ0) is 8.97. The standard InChI is InChI=1S/C7H8NO4/c1-2-3-11-6(9)5-4-12-7(10)8-5/h4H,2-3H2,1H3. The minimum atomic E-state index is -0.779. The molecular weight excluding hydrogens is 162 g/mol. The van der Waals surface area contributed by atoms with Gasteiger partial charge in [-0.2, -0.15) is 4.98 Å². The third kappa shape index (κ3) is 1.98. The van der Waals surface area contributed by atoms with Crippen LogP contribution in [0.3, 0.4) is 0 Å². The average Bonchev–Trinajstić information content (AvgIpc) is 2.47. The molecule has 0 amide bonds. The van der Waals surface area contributed by atoms with Crippen LogP contribution in [0.15, 0.2) is 10.7 Å². The number of nitrogens with zero attached hydrogens (tertiary/aromatic N) is 1. The van der Waals surface area contributed by atoms with Gasteiger partial charge in [-0.05, 0) is 6.42 Å². The molecule has 0 atom stereocenters. The van der Waals surface area contributed by atoms with Crippen molar-refractivity contribution in [3.63, 3.8) is 0 Å². The molecule has 1 rings (SSSR count). The molecule has 0 saturated carbocycles. The smallest absolute Gasteiger partial charge is 0.439 e. The molecule has 0 aliphatic carbocycles. The molecule has 0 fully saturated rings. The molecule has 12 heavy (non-hydrogen) atoms. The second-order valence-electron chi connectivity index (χ2n) is 2.13. The second-order valence-corrected chi connectivity index (χ2v) is 2.13. The summed E-state index contributed by atoms with van der Waals surface area (Å²) in [5.41, 5.74) is -0.0755. The van der Waals surface area contributed by atoms with E-state index in [1.54, 1.807) is 0 Å². The predicted molar refractivity (Wildman–Crippen MR) is 37.2 cm³/mol. The van der Waals surface area contributed by atoms with Gasteiger partial charge in [0, 0.05) is 0 Å². The van der Waals surface area contributed by atoms with Crippen molar-refractivity contribution in [2.75, 3.05) is 6.61 Å². The highest BCUT2D eigenvalue weighted by molar-refractivity contribution is 5.86. The summed E-state index contributed by atoms with van der Waals surface area (Å²) in [6.45, 7) is 2.19. The maximum absolute atomic E-state index is 10.9. The summed E-state index contributed by atoms with van der Waals surface area (Å²) in [5.74, 6) is -0.622. The van der Waals surface area contributed by atoms with Gasteiger partial charge in [0.2, 0.25) is 0 Å². The summed E-state index contributed by atoms with van der Waals surface area (Å²) in [6, 6.07) is 0. The molecule has 65 valence electrons. The fourth-order valence-electron chi connectivity index (χ4n) is 0.620. The number of oxazole rings is 1. The van der Waals surface area contributed by atoms with Gasteiger partial charge < -0.3 is 9.15 Å². The van der Waals surface area contributed by atoms with Crippen molar-refractivity contribution in [2.45, 2.75) is 13.3 Å². The van der Waals surface area contributed by atoms with Gasteiger partial charge in [-0.25, -0.2) is 9.90 Å². The molecule has 1 heterocycles. The van der Waals surface area contributed by atoms with Crippen molar-refractivity contribution in [1.82, 2.24) is 4.98 Å². The molecule has 0 unspecified atom stereocenters. The molecule has 0 spiro atoms. The molecule has 0 saturated heterocycles. The van der Waals surface area contributed by atoms with Crippen LogP contribution >= 0.6 is 0 Å². The molecule has 0 aromatic carbocycles. The van der Waals surface area contributed by atoms with Gasteiger partial charge in [0.1, 0.15) is 6.26 Å². The van der Waals surface area contributed by atoms with Gasteiger partial charge in [-0.15, -0.1) is 0 Å². The van der Waals surface area contributed by atoms with E-state index >= 15 is 0 Å². The summed E-state index contributed by atoms with van der Waals surface area (Å²) in [6.07, 6.45) is 0.937. The van der Waals surface area contributed by atoms with Crippen LogP contribution in [0.1, 0.15) is 23.8 Å². The van der Waals surface area contributed by atoms with Crippen LogP contribution in [0, 0.1) is 0 Å². The van der Waals surface area contributed by atoms with Gasteiger partial charge in [-0.3, -0.25) is 0 Å². The number of carbonyl (C=O) groups excluding carboxylic acids is 1. The normalized spacial score (nSPS) is 9.75. The average molecular weight is 170 g/mol. The van der Waals surface area contributed by atoms with Gasteiger partial charge >= 0.3 is 12.0 Å². The highest BCUT2D eigenvalue weighted by atomic mass is 16.5. The van der Waals surface area contributed by atoms with E-state index in [1.165, 1.54) is 0 Å². The van der Waals surface area contributed by atoms with E-state index < -0.39 is 12.0 Å². The van der Waals surface area contributed by atoms with E-state index in [9.17, 15) is 9.90 Å². The van der Waals surface area contributed by atoms with Crippen LogP contribution < -0.4 is 0 Å². The van der Waals surface area contributed by atoms with E-state index in [0.29, 0.717) is 6.61 Å². The number of rotatable bonds is 3. The molecule has 5 heteroatoms. The van der Waals surface area contributed by atoms with E-state index in [0.717, 1.165) is 12.7 Å². The topological polar surface area (TPSA) is 72.2 Å². The lowest BCUT2D eigenvalue weighted by molar-refractivity contribution is 0.0497. The third-order valence-corrected chi connectivity index (χ3v) is 1.13.